The lowest BCUT2D eigenvalue weighted by Crippen LogP contribution is -2.31. The van der Waals surface area contributed by atoms with Crippen LogP contribution in [-0.2, 0) is 11.3 Å². The molecule has 1 aromatic rings. The quantitative estimate of drug-likeness (QED) is 0.666. The molecule has 1 saturated heterocycles. The highest BCUT2D eigenvalue weighted by Crippen LogP contribution is 2.25. The Balaban J connectivity index is 1.85. The van der Waals surface area contributed by atoms with Crippen molar-refractivity contribution in [3.63, 3.8) is 0 Å². The van der Waals surface area contributed by atoms with Crippen molar-refractivity contribution in [3.05, 3.63) is 38.3 Å². The Morgan fingerprint density at radius 2 is 2.32 bits per heavy atom. The first kappa shape index (κ1) is 14.4. The second-order valence-electron chi connectivity index (χ2n) is 4.66. The van der Waals surface area contributed by atoms with E-state index in [9.17, 15) is 10.1 Å². The summed E-state index contributed by atoms with van der Waals surface area (Å²) in [5, 5.41) is 14.1. The topological polar surface area (TPSA) is 64.4 Å². The Hall–Kier alpha value is -0.980. The van der Waals surface area contributed by atoms with Crippen LogP contribution in [0.2, 0.25) is 0 Å². The molecule has 19 heavy (non-hydrogen) atoms. The molecule has 0 radical (unpaired) electrons. The first-order valence-electron chi connectivity index (χ1n) is 6.42. The van der Waals surface area contributed by atoms with Crippen molar-refractivity contribution < 1.29 is 9.66 Å². The number of halogens is 1. The van der Waals surface area contributed by atoms with Crippen LogP contribution in [0.4, 0.5) is 5.69 Å². The Kier molecular flexibility index (Phi) is 5.30. The summed E-state index contributed by atoms with van der Waals surface area (Å²) in [6, 6.07) is 5.19. The Bertz CT molecular complexity index is 448. The lowest BCUT2D eigenvalue weighted by Gasteiger charge is -2.22. The molecular weight excluding hydrogens is 312 g/mol. The van der Waals surface area contributed by atoms with Gasteiger partial charge in [0.1, 0.15) is 0 Å². The van der Waals surface area contributed by atoms with E-state index in [1.54, 1.807) is 12.1 Å². The van der Waals surface area contributed by atoms with Gasteiger partial charge in [-0.05, 0) is 46.8 Å². The molecule has 1 fully saturated rings. The van der Waals surface area contributed by atoms with E-state index in [-0.39, 0.29) is 16.7 Å². The van der Waals surface area contributed by atoms with Crippen LogP contribution in [0.15, 0.2) is 22.7 Å². The molecule has 0 aliphatic carbocycles. The summed E-state index contributed by atoms with van der Waals surface area (Å²) >= 11 is 3.18. The third-order valence-corrected chi connectivity index (χ3v) is 3.85. The highest BCUT2D eigenvalue weighted by Gasteiger charge is 2.14. The van der Waals surface area contributed by atoms with Crippen LogP contribution in [0.3, 0.4) is 0 Å². The maximum atomic E-state index is 10.8. The first-order valence-corrected chi connectivity index (χ1v) is 7.21. The van der Waals surface area contributed by atoms with Crippen LogP contribution in [-0.4, -0.2) is 24.2 Å². The second-order valence-corrected chi connectivity index (χ2v) is 5.52. The number of ether oxygens (including phenoxy) is 1. The van der Waals surface area contributed by atoms with Crippen LogP contribution < -0.4 is 5.32 Å². The van der Waals surface area contributed by atoms with Gasteiger partial charge in [0.2, 0.25) is 0 Å². The largest absolute Gasteiger partial charge is 0.377 e. The maximum absolute atomic E-state index is 10.8. The second kappa shape index (κ2) is 6.98. The van der Waals surface area contributed by atoms with Crippen LogP contribution in [0.1, 0.15) is 24.8 Å². The highest BCUT2D eigenvalue weighted by atomic mass is 79.9. The van der Waals surface area contributed by atoms with E-state index < -0.39 is 0 Å². The number of hydrogen-bond donors (Lipinski definition) is 1. The predicted molar refractivity (Wildman–Crippen MR) is 76.1 cm³/mol. The van der Waals surface area contributed by atoms with E-state index in [0.29, 0.717) is 11.0 Å². The number of rotatable bonds is 5. The third-order valence-electron chi connectivity index (χ3n) is 3.18. The van der Waals surface area contributed by atoms with Crippen molar-refractivity contribution in [2.24, 2.45) is 0 Å². The van der Waals surface area contributed by atoms with Gasteiger partial charge < -0.3 is 10.1 Å². The van der Waals surface area contributed by atoms with E-state index >= 15 is 0 Å². The van der Waals surface area contributed by atoms with E-state index in [4.69, 9.17) is 4.74 Å². The molecule has 6 heteroatoms. The zero-order valence-electron chi connectivity index (χ0n) is 10.6. The van der Waals surface area contributed by atoms with Gasteiger partial charge in [-0.15, -0.1) is 0 Å². The number of nitrogens with one attached hydrogen (secondary N) is 1. The van der Waals surface area contributed by atoms with Crippen molar-refractivity contribution in [1.82, 2.24) is 5.32 Å². The van der Waals surface area contributed by atoms with E-state index in [2.05, 4.69) is 21.2 Å². The molecule has 1 aromatic carbocycles. The van der Waals surface area contributed by atoms with Gasteiger partial charge in [0.25, 0.3) is 5.69 Å². The molecule has 1 N–H and O–H groups in total. The fraction of sp³-hybridized carbons (Fsp3) is 0.538. The lowest BCUT2D eigenvalue weighted by atomic mass is 10.1. The average molecular weight is 329 g/mol. The molecule has 104 valence electrons. The monoisotopic (exact) mass is 328 g/mol. The van der Waals surface area contributed by atoms with Gasteiger partial charge in [0.05, 0.1) is 15.5 Å². The van der Waals surface area contributed by atoms with Crippen molar-refractivity contribution in [3.8, 4) is 0 Å². The minimum absolute atomic E-state index is 0.105. The maximum Gasteiger partial charge on any atom is 0.283 e. The summed E-state index contributed by atoms with van der Waals surface area (Å²) in [4.78, 5) is 10.5. The number of nitro benzene ring substituents is 1. The molecule has 0 aromatic heterocycles. The molecule has 0 spiro atoms. The van der Waals surface area contributed by atoms with Gasteiger partial charge in [0.15, 0.2) is 0 Å². The van der Waals surface area contributed by atoms with Crippen molar-refractivity contribution in [2.75, 3.05) is 13.2 Å². The summed E-state index contributed by atoms with van der Waals surface area (Å²) < 4.78 is 6.13. The fourth-order valence-electron chi connectivity index (χ4n) is 2.15. The van der Waals surface area contributed by atoms with E-state index in [0.717, 1.165) is 31.6 Å². The Labute approximate surface area is 120 Å². The van der Waals surface area contributed by atoms with Gasteiger partial charge in [-0.2, -0.15) is 0 Å². The lowest BCUT2D eigenvalue weighted by molar-refractivity contribution is -0.385. The molecule has 0 amide bonds. The van der Waals surface area contributed by atoms with Gasteiger partial charge in [-0.1, -0.05) is 6.07 Å². The Morgan fingerprint density at radius 3 is 3.00 bits per heavy atom. The fourth-order valence-corrected chi connectivity index (χ4v) is 2.55. The molecule has 2 rings (SSSR count). The SMILES string of the molecule is O=[N+]([O-])c1cc(CNCC2CCCCO2)ccc1Br. The standard InChI is InChI=1S/C13H17BrN2O3/c14-12-5-4-10(7-13(12)16(17)18)8-15-9-11-3-1-2-6-19-11/h4-5,7,11,15H,1-3,6,8-9H2. The molecule has 1 aliphatic rings. The van der Waals surface area contributed by atoms with Crippen molar-refractivity contribution >= 4 is 21.6 Å². The van der Waals surface area contributed by atoms with Gasteiger partial charge >= 0.3 is 0 Å². The predicted octanol–water partition coefficient (Wildman–Crippen LogP) is 3.02. The first-order chi connectivity index (χ1) is 9.16. The summed E-state index contributed by atoms with van der Waals surface area (Å²) in [5.74, 6) is 0. The normalized spacial score (nSPS) is 19.3. The zero-order chi connectivity index (χ0) is 13.7. The number of nitro groups is 1. The summed E-state index contributed by atoms with van der Waals surface area (Å²) in [5.41, 5.74) is 1.01. The summed E-state index contributed by atoms with van der Waals surface area (Å²) in [6.45, 7) is 2.26. The minimum atomic E-state index is -0.377. The van der Waals surface area contributed by atoms with Crippen LogP contribution in [0.5, 0.6) is 0 Å². The average Bonchev–Trinajstić information content (AvgIpc) is 2.41. The molecule has 1 aliphatic heterocycles. The van der Waals surface area contributed by atoms with Crippen LogP contribution >= 0.6 is 15.9 Å². The van der Waals surface area contributed by atoms with Crippen LogP contribution in [0, 0.1) is 10.1 Å². The molecule has 0 bridgehead atoms. The van der Waals surface area contributed by atoms with Gasteiger partial charge in [-0.3, -0.25) is 10.1 Å². The molecule has 1 atom stereocenters. The molecule has 1 heterocycles. The third kappa shape index (κ3) is 4.26. The Morgan fingerprint density at radius 1 is 1.47 bits per heavy atom. The van der Waals surface area contributed by atoms with E-state index in [1.165, 1.54) is 6.42 Å². The van der Waals surface area contributed by atoms with Gasteiger partial charge in [0, 0.05) is 25.8 Å². The van der Waals surface area contributed by atoms with Crippen LogP contribution in [0.25, 0.3) is 0 Å². The number of benzene rings is 1. The molecule has 5 nitrogen and oxygen atoms in total. The number of nitrogens with zero attached hydrogens (tertiary/aromatic N) is 1. The highest BCUT2D eigenvalue weighted by molar-refractivity contribution is 9.10. The molecule has 0 saturated carbocycles. The summed E-state index contributed by atoms with van der Waals surface area (Å²) in [7, 11) is 0. The number of hydrogen-bond acceptors (Lipinski definition) is 4. The summed E-state index contributed by atoms with van der Waals surface area (Å²) in [6.07, 6.45) is 3.73. The van der Waals surface area contributed by atoms with E-state index in [1.807, 2.05) is 6.07 Å². The smallest absolute Gasteiger partial charge is 0.283 e. The van der Waals surface area contributed by atoms with Crippen molar-refractivity contribution in [1.29, 1.82) is 0 Å². The van der Waals surface area contributed by atoms with Crippen molar-refractivity contribution in [2.45, 2.75) is 31.9 Å². The minimum Gasteiger partial charge on any atom is -0.377 e. The van der Waals surface area contributed by atoms with Gasteiger partial charge in [-0.25, -0.2) is 0 Å². The molecule has 1 unspecified atom stereocenters. The molecular formula is C13H17BrN2O3. The zero-order valence-corrected chi connectivity index (χ0v) is 12.2.